The van der Waals surface area contributed by atoms with Gasteiger partial charge in [0.2, 0.25) is 0 Å². The summed E-state index contributed by atoms with van der Waals surface area (Å²) in [6.45, 7) is 4.11. The van der Waals surface area contributed by atoms with Crippen LogP contribution in [0.4, 0.5) is 0 Å². The Morgan fingerprint density at radius 1 is 1.00 bits per heavy atom. The molecule has 29 heavy (non-hydrogen) atoms. The van der Waals surface area contributed by atoms with Gasteiger partial charge in [-0.1, -0.05) is 12.1 Å². The Bertz CT molecular complexity index is 970. The van der Waals surface area contributed by atoms with Crippen molar-refractivity contribution in [3.05, 3.63) is 82.3 Å². The summed E-state index contributed by atoms with van der Waals surface area (Å²) in [5, 5.41) is 0. The van der Waals surface area contributed by atoms with E-state index >= 15 is 0 Å². The van der Waals surface area contributed by atoms with Crippen molar-refractivity contribution in [1.29, 1.82) is 0 Å². The Morgan fingerprint density at radius 2 is 1.72 bits per heavy atom. The molecule has 0 spiro atoms. The number of rotatable bonds is 9. The maximum atomic E-state index is 12.6. The Labute approximate surface area is 170 Å². The lowest BCUT2D eigenvalue weighted by Gasteiger charge is -2.13. The first kappa shape index (κ1) is 20.5. The van der Waals surface area contributed by atoms with Crippen LogP contribution in [0.5, 0.6) is 11.5 Å². The molecule has 3 aromatic rings. The Morgan fingerprint density at radius 3 is 2.38 bits per heavy atom. The van der Waals surface area contributed by atoms with Gasteiger partial charge in [0.1, 0.15) is 24.7 Å². The van der Waals surface area contributed by atoms with Crippen molar-refractivity contribution >= 4 is 0 Å². The molecule has 0 atom stereocenters. The normalized spacial score (nSPS) is 10.9. The summed E-state index contributed by atoms with van der Waals surface area (Å²) in [5.74, 6) is 1.91. The van der Waals surface area contributed by atoms with E-state index in [1.807, 2.05) is 51.4 Å². The molecule has 7 heteroatoms. The number of hydrogen-bond acceptors (Lipinski definition) is 6. The summed E-state index contributed by atoms with van der Waals surface area (Å²) in [4.78, 5) is 22.9. The van der Waals surface area contributed by atoms with Gasteiger partial charge >= 0.3 is 0 Å². The number of pyridine rings is 1. The highest BCUT2D eigenvalue weighted by Gasteiger charge is 2.07. The van der Waals surface area contributed by atoms with Gasteiger partial charge in [0.25, 0.3) is 5.56 Å². The maximum Gasteiger partial charge on any atom is 0.254 e. The summed E-state index contributed by atoms with van der Waals surface area (Å²) in [6, 6.07) is 12.9. The molecule has 0 fully saturated rings. The molecule has 0 saturated heterocycles. The average Bonchev–Trinajstić information content (AvgIpc) is 2.71. The van der Waals surface area contributed by atoms with Gasteiger partial charge in [-0.25, -0.2) is 9.97 Å². The third-order valence-corrected chi connectivity index (χ3v) is 4.37. The third-order valence-electron chi connectivity index (χ3n) is 4.37. The lowest BCUT2D eigenvalue weighted by atomic mass is 10.2. The molecule has 0 aliphatic carbocycles. The minimum atomic E-state index is -0.111. The van der Waals surface area contributed by atoms with Crippen LogP contribution in [0.2, 0.25) is 0 Å². The van der Waals surface area contributed by atoms with E-state index in [9.17, 15) is 4.79 Å². The molecule has 0 N–H and O–H groups in total. The first-order valence-corrected chi connectivity index (χ1v) is 9.48. The van der Waals surface area contributed by atoms with E-state index in [1.54, 1.807) is 23.0 Å². The van der Waals surface area contributed by atoms with E-state index < -0.39 is 0 Å². The van der Waals surface area contributed by atoms with Crippen molar-refractivity contribution in [2.75, 3.05) is 27.2 Å². The van der Waals surface area contributed by atoms with Crippen LogP contribution in [0.1, 0.15) is 17.1 Å². The lowest BCUT2D eigenvalue weighted by Crippen LogP contribution is -2.22. The molecule has 3 rings (SSSR count). The molecule has 1 aromatic carbocycles. The van der Waals surface area contributed by atoms with Crippen LogP contribution in [0.25, 0.3) is 0 Å². The zero-order valence-corrected chi connectivity index (χ0v) is 17.0. The highest BCUT2D eigenvalue weighted by molar-refractivity contribution is 5.29. The standard InChI is InChI=1S/C22H26N4O3/c1-17-13-20(29-16-21-23-9-4-10-24-21)14-22(27)26(17)15-18-5-7-19(8-6-18)28-12-11-25(2)3/h4-10,13-14H,11-12,15-16H2,1-3H3. The summed E-state index contributed by atoms with van der Waals surface area (Å²) < 4.78 is 13.1. The van der Waals surface area contributed by atoms with Gasteiger partial charge in [0, 0.05) is 30.7 Å². The molecule has 0 saturated carbocycles. The van der Waals surface area contributed by atoms with Gasteiger partial charge in [0.15, 0.2) is 5.82 Å². The molecule has 152 valence electrons. The van der Waals surface area contributed by atoms with Gasteiger partial charge in [-0.15, -0.1) is 0 Å². The number of nitrogens with zero attached hydrogens (tertiary/aromatic N) is 4. The second-order valence-corrected chi connectivity index (χ2v) is 7.01. The van der Waals surface area contributed by atoms with Crippen molar-refractivity contribution in [3.63, 3.8) is 0 Å². The highest BCUT2D eigenvalue weighted by atomic mass is 16.5. The molecule has 0 aliphatic rings. The molecule has 7 nitrogen and oxygen atoms in total. The monoisotopic (exact) mass is 394 g/mol. The molecule has 0 amide bonds. The van der Waals surface area contributed by atoms with Crippen LogP contribution in [0.3, 0.4) is 0 Å². The zero-order chi connectivity index (χ0) is 20.6. The zero-order valence-electron chi connectivity index (χ0n) is 17.0. The van der Waals surface area contributed by atoms with Gasteiger partial charge in [-0.3, -0.25) is 4.79 Å². The van der Waals surface area contributed by atoms with Crippen molar-refractivity contribution < 1.29 is 9.47 Å². The van der Waals surface area contributed by atoms with E-state index in [0.717, 1.165) is 23.6 Å². The molecule has 0 unspecified atom stereocenters. The minimum Gasteiger partial charge on any atom is -0.492 e. The van der Waals surface area contributed by atoms with Crippen molar-refractivity contribution in [2.45, 2.75) is 20.1 Å². The third kappa shape index (κ3) is 6.15. The largest absolute Gasteiger partial charge is 0.492 e. The number of ether oxygens (including phenoxy) is 2. The molecule has 0 aliphatic heterocycles. The number of hydrogen-bond donors (Lipinski definition) is 0. The summed E-state index contributed by atoms with van der Waals surface area (Å²) in [7, 11) is 4.02. The summed E-state index contributed by atoms with van der Waals surface area (Å²) in [6.07, 6.45) is 3.32. The Hall–Kier alpha value is -3.19. The Balaban J connectivity index is 1.62. The SMILES string of the molecule is Cc1cc(OCc2ncccn2)cc(=O)n1Cc1ccc(OCCN(C)C)cc1. The van der Waals surface area contributed by atoms with E-state index in [0.29, 0.717) is 24.7 Å². The van der Waals surface area contributed by atoms with Crippen LogP contribution >= 0.6 is 0 Å². The summed E-state index contributed by atoms with van der Waals surface area (Å²) in [5.41, 5.74) is 1.74. The molecular weight excluding hydrogens is 368 g/mol. The fourth-order valence-electron chi connectivity index (χ4n) is 2.76. The number of likely N-dealkylation sites (N-methyl/N-ethyl adjacent to an activating group) is 1. The van der Waals surface area contributed by atoms with Crippen LogP contribution < -0.4 is 15.0 Å². The van der Waals surface area contributed by atoms with E-state index in [1.165, 1.54) is 6.07 Å². The molecular formula is C22H26N4O3. The van der Waals surface area contributed by atoms with Crippen molar-refractivity contribution in [3.8, 4) is 11.5 Å². The minimum absolute atomic E-state index is 0.111. The average molecular weight is 394 g/mol. The summed E-state index contributed by atoms with van der Waals surface area (Å²) >= 11 is 0. The number of benzene rings is 1. The van der Waals surface area contributed by atoms with E-state index in [-0.39, 0.29) is 12.2 Å². The fraction of sp³-hybridized carbons (Fsp3) is 0.318. The van der Waals surface area contributed by atoms with Gasteiger partial charge in [0.05, 0.1) is 6.54 Å². The van der Waals surface area contributed by atoms with Gasteiger partial charge in [-0.2, -0.15) is 0 Å². The van der Waals surface area contributed by atoms with Crippen molar-refractivity contribution in [1.82, 2.24) is 19.4 Å². The topological polar surface area (TPSA) is 69.5 Å². The van der Waals surface area contributed by atoms with Crippen molar-refractivity contribution in [2.24, 2.45) is 0 Å². The molecule has 2 aromatic heterocycles. The first-order valence-electron chi connectivity index (χ1n) is 9.48. The lowest BCUT2D eigenvalue weighted by molar-refractivity contribution is 0.261. The molecule has 0 bridgehead atoms. The predicted molar refractivity (Wildman–Crippen MR) is 111 cm³/mol. The highest BCUT2D eigenvalue weighted by Crippen LogP contribution is 2.15. The maximum absolute atomic E-state index is 12.6. The number of aromatic nitrogens is 3. The Kier molecular flexibility index (Phi) is 6.97. The smallest absolute Gasteiger partial charge is 0.254 e. The van der Waals surface area contributed by atoms with Crippen LogP contribution in [0.15, 0.2) is 59.7 Å². The van der Waals surface area contributed by atoms with Gasteiger partial charge in [-0.05, 0) is 50.8 Å². The fourth-order valence-corrected chi connectivity index (χ4v) is 2.76. The van der Waals surface area contributed by atoms with Crippen LogP contribution in [0, 0.1) is 6.92 Å². The van der Waals surface area contributed by atoms with E-state index in [4.69, 9.17) is 9.47 Å². The predicted octanol–water partition coefficient (Wildman–Crippen LogP) is 2.51. The van der Waals surface area contributed by atoms with Crippen LogP contribution in [-0.4, -0.2) is 46.7 Å². The second-order valence-electron chi connectivity index (χ2n) is 7.01. The van der Waals surface area contributed by atoms with Gasteiger partial charge < -0.3 is 18.9 Å². The quantitative estimate of drug-likeness (QED) is 0.555. The molecule has 0 radical (unpaired) electrons. The van der Waals surface area contributed by atoms with Crippen LogP contribution in [-0.2, 0) is 13.2 Å². The number of aryl methyl sites for hydroxylation is 1. The first-order chi connectivity index (χ1) is 14.0. The second kappa shape index (κ2) is 9.84. The van der Waals surface area contributed by atoms with E-state index in [2.05, 4.69) is 14.9 Å². The molecule has 2 heterocycles.